The van der Waals surface area contributed by atoms with E-state index in [-0.39, 0.29) is 17.8 Å². The van der Waals surface area contributed by atoms with Gasteiger partial charge in [-0.2, -0.15) is 11.3 Å². The summed E-state index contributed by atoms with van der Waals surface area (Å²) < 4.78 is 13.4. The summed E-state index contributed by atoms with van der Waals surface area (Å²) in [7, 11) is 0. The van der Waals surface area contributed by atoms with Crippen LogP contribution in [0.15, 0.2) is 35.0 Å². The first-order valence-electron chi connectivity index (χ1n) is 4.67. The summed E-state index contributed by atoms with van der Waals surface area (Å²) in [5.74, 6) is -0.552. The van der Waals surface area contributed by atoms with Gasteiger partial charge in [-0.3, -0.25) is 4.79 Å². The summed E-state index contributed by atoms with van der Waals surface area (Å²) in [5.41, 5.74) is 0.865. The maximum Gasteiger partial charge on any atom is 0.168 e. The van der Waals surface area contributed by atoms with Crippen LogP contribution in [0.25, 0.3) is 0 Å². The van der Waals surface area contributed by atoms with Crippen LogP contribution in [-0.2, 0) is 6.42 Å². The van der Waals surface area contributed by atoms with Gasteiger partial charge >= 0.3 is 0 Å². The molecule has 82 valence electrons. The Morgan fingerprint density at radius 1 is 1.38 bits per heavy atom. The lowest BCUT2D eigenvalue weighted by molar-refractivity contribution is 0.0992. The highest BCUT2D eigenvalue weighted by atomic mass is 35.5. The third kappa shape index (κ3) is 2.31. The Hall–Kier alpha value is -1.19. The van der Waals surface area contributed by atoms with Crippen molar-refractivity contribution in [1.82, 2.24) is 0 Å². The summed E-state index contributed by atoms with van der Waals surface area (Å²) in [6, 6.07) is 6.14. The molecule has 0 spiro atoms. The number of carbonyl (C=O) groups excluding carboxylic acids is 1. The molecule has 0 aliphatic rings. The minimum atomic E-state index is -0.434. The van der Waals surface area contributed by atoms with Crippen LogP contribution < -0.4 is 0 Å². The number of hydrogen-bond donors (Lipinski definition) is 0. The monoisotopic (exact) mass is 254 g/mol. The number of hydrogen-bond acceptors (Lipinski definition) is 2. The molecule has 4 heteroatoms. The van der Waals surface area contributed by atoms with Crippen LogP contribution in [0.2, 0.25) is 5.02 Å². The van der Waals surface area contributed by atoms with Crippen molar-refractivity contribution in [3.8, 4) is 0 Å². The van der Waals surface area contributed by atoms with E-state index in [2.05, 4.69) is 0 Å². The quantitative estimate of drug-likeness (QED) is 0.758. The maximum atomic E-state index is 13.4. The van der Waals surface area contributed by atoms with Crippen LogP contribution in [0.1, 0.15) is 15.9 Å². The highest BCUT2D eigenvalue weighted by Gasteiger charge is 2.13. The number of carbonyl (C=O) groups is 1. The van der Waals surface area contributed by atoms with Crippen molar-refractivity contribution in [3.05, 3.63) is 57.0 Å². The van der Waals surface area contributed by atoms with Gasteiger partial charge in [0.15, 0.2) is 5.78 Å². The number of halogens is 2. The lowest BCUT2D eigenvalue weighted by atomic mass is 10.0. The predicted molar refractivity (Wildman–Crippen MR) is 63.8 cm³/mol. The molecule has 0 aliphatic carbocycles. The molecule has 0 saturated carbocycles. The van der Waals surface area contributed by atoms with E-state index in [4.69, 9.17) is 11.6 Å². The zero-order valence-corrected chi connectivity index (χ0v) is 9.82. The lowest BCUT2D eigenvalue weighted by Crippen LogP contribution is -2.04. The average molecular weight is 255 g/mol. The smallest absolute Gasteiger partial charge is 0.168 e. The normalized spacial score (nSPS) is 10.4. The van der Waals surface area contributed by atoms with Gasteiger partial charge in [-0.05, 0) is 23.6 Å². The van der Waals surface area contributed by atoms with Crippen molar-refractivity contribution in [3.63, 3.8) is 0 Å². The Balaban J connectivity index is 2.25. The molecule has 0 unspecified atom stereocenters. The van der Waals surface area contributed by atoms with Crippen molar-refractivity contribution in [2.75, 3.05) is 0 Å². The van der Waals surface area contributed by atoms with E-state index in [9.17, 15) is 9.18 Å². The second-order valence-electron chi connectivity index (χ2n) is 3.31. The Labute approximate surface area is 101 Å². The fourth-order valence-electron chi connectivity index (χ4n) is 1.39. The number of benzene rings is 1. The van der Waals surface area contributed by atoms with E-state index in [0.29, 0.717) is 10.6 Å². The highest BCUT2D eigenvalue weighted by molar-refractivity contribution is 7.08. The van der Waals surface area contributed by atoms with Gasteiger partial charge in [0.25, 0.3) is 0 Å². The summed E-state index contributed by atoms with van der Waals surface area (Å²) >= 11 is 7.28. The predicted octanol–water partition coefficient (Wildman–Crippen LogP) is 3.97. The number of rotatable bonds is 3. The zero-order valence-electron chi connectivity index (χ0n) is 8.24. The van der Waals surface area contributed by atoms with E-state index >= 15 is 0 Å². The molecule has 0 N–H and O–H groups in total. The van der Waals surface area contributed by atoms with Crippen molar-refractivity contribution >= 4 is 28.7 Å². The van der Waals surface area contributed by atoms with Crippen molar-refractivity contribution < 1.29 is 9.18 Å². The molecular weight excluding hydrogens is 247 g/mol. The van der Waals surface area contributed by atoms with Gasteiger partial charge in [-0.15, -0.1) is 0 Å². The molecule has 2 rings (SSSR count). The van der Waals surface area contributed by atoms with Gasteiger partial charge in [0.1, 0.15) is 5.82 Å². The second kappa shape index (κ2) is 4.76. The highest BCUT2D eigenvalue weighted by Crippen LogP contribution is 2.21. The molecule has 1 nitrogen and oxygen atoms in total. The minimum Gasteiger partial charge on any atom is -0.294 e. The number of Topliss-reactive ketones (excluding diaryl/α,β-unsaturated/α-hetero) is 1. The molecule has 0 amide bonds. The van der Waals surface area contributed by atoms with Crippen LogP contribution >= 0.6 is 22.9 Å². The van der Waals surface area contributed by atoms with Crippen molar-refractivity contribution in [2.24, 2.45) is 0 Å². The fourth-order valence-corrected chi connectivity index (χ4v) is 2.28. The van der Waals surface area contributed by atoms with Gasteiger partial charge in [0, 0.05) is 28.0 Å². The first kappa shape index (κ1) is 11.3. The SMILES string of the molecule is O=C(Cc1c(F)cccc1Cl)c1ccsc1. The molecular formula is C12H8ClFOS. The molecule has 16 heavy (non-hydrogen) atoms. The van der Waals surface area contributed by atoms with E-state index in [1.165, 1.54) is 23.5 Å². The Bertz CT molecular complexity index is 487. The largest absolute Gasteiger partial charge is 0.294 e. The van der Waals surface area contributed by atoms with Crippen LogP contribution in [0.5, 0.6) is 0 Å². The van der Waals surface area contributed by atoms with E-state index in [1.807, 2.05) is 5.38 Å². The van der Waals surface area contributed by atoms with Gasteiger partial charge < -0.3 is 0 Å². The summed E-state index contributed by atoms with van der Waals surface area (Å²) in [5, 5.41) is 3.86. The van der Waals surface area contributed by atoms with Gasteiger partial charge in [-0.25, -0.2) is 4.39 Å². The third-order valence-corrected chi connectivity index (χ3v) is 3.28. The standard InChI is InChI=1S/C12H8ClFOS/c13-10-2-1-3-11(14)9(10)6-12(15)8-4-5-16-7-8/h1-5,7H,6H2. The summed E-state index contributed by atoms with van der Waals surface area (Å²) in [6.07, 6.45) is 0.00222. The number of thiophene rings is 1. The Morgan fingerprint density at radius 3 is 2.81 bits per heavy atom. The molecule has 0 aliphatic heterocycles. The topological polar surface area (TPSA) is 17.1 Å². The minimum absolute atomic E-state index is 0.00222. The van der Waals surface area contributed by atoms with Crippen LogP contribution in [0, 0.1) is 5.82 Å². The maximum absolute atomic E-state index is 13.4. The van der Waals surface area contributed by atoms with E-state index in [1.54, 1.807) is 17.5 Å². The Kier molecular flexibility index (Phi) is 3.36. The molecule has 0 bridgehead atoms. The molecule has 0 atom stereocenters. The van der Waals surface area contributed by atoms with Gasteiger partial charge in [-0.1, -0.05) is 17.7 Å². The Morgan fingerprint density at radius 2 is 2.19 bits per heavy atom. The average Bonchev–Trinajstić information content (AvgIpc) is 2.76. The molecule has 1 aromatic carbocycles. The van der Waals surface area contributed by atoms with E-state index < -0.39 is 5.82 Å². The van der Waals surface area contributed by atoms with Crippen LogP contribution in [0.4, 0.5) is 4.39 Å². The van der Waals surface area contributed by atoms with Gasteiger partial charge in [0.05, 0.1) is 0 Å². The molecule has 1 aromatic heterocycles. The molecule has 0 saturated heterocycles. The lowest BCUT2D eigenvalue weighted by Gasteiger charge is -2.03. The second-order valence-corrected chi connectivity index (χ2v) is 4.50. The third-order valence-electron chi connectivity index (χ3n) is 2.24. The zero-order chi connectivity index (χ0) is 11.5. The molecule has 0 radical (unpaired) electrons. The van der Waals surface area contributed by atoms with Gasteiger partial charge in [0.2, 0.25) is 0 Å². The van der Waals surface area contributed by atoms with E-state index in [0.717, 1.165) is 0 Å². The van der Waals surface area contributed by atoms with Crippen LogP contribution in [-0.4, -0.2) is 5.78 Å². The fraction of sp³-hybridized carbons (Fsp3) is 0.0833. The molecule has 1 heterocycles. The number of ketones is 1. The molecule has 0 fully saturated rings. The molecule has 2 aromatic rings. The first-order valence-corrected chi connectivity index (χ1v) is 5.99. The van der Waals surface area contributed by atoms with Crippen molar-refractivity contribution in [1.29, 1.82) is 0 Å². The van der Waals surface area contributed by atoms with Crippen molar-refractivity contribution in [2.45, 2.75) is 6.42 Å². The summed E-state index contributed by atoms with van der Waals surface area (Å²) in [4.78, 5) is 11.8. The van der Waals surface area contributed by atoms with Crippen LogP contribution in [0.3, 0.4) is 0 Å². The summed E-state index contributed by atoms with van der Waals surface area (Å²) in [6.45, 7) is 0. The first-order chi connectivity index (χ1) is 7.68.